The van der Waals surface area contributed by atoms with Crippen LogP contribution in [0.5, 0.6) is 0 Å². The predicted octanol–water partition coefficient (Wildman–Crippen LogP) is 11.0. The van der Waals surface area contributed by atoms with Crippen LogP contribution in [0.1, 0.15) is 152 Å². The van der Waals surface area contributed by atoms with Crippen molar-refractivity contribution in [3.63, 3.8) is 0 Å². The molecule has 1 amide bonds. The third kappa shape index (κ3) is 9.49. The summed E-state index contributed by atoms with van der Waals surface area (Å²) in [6, 6.07) is 2.08. The number of hydrogen-bond acceptors (Lipinski definition) is 4. The summed E-state index contributed by atoms with van der Waals surface area (Å²) < 4.78 is 2.28. The lowest BCUT2D eigenvalue weighted by atomic mass is 9.93. The number of anilines is 1. The van der Waals surface area contributed by atoms with Crippen LogP contribution in [0, 0.1) is 5.92 Å². The number of nitrogens with zero attached hydrogens (tertiary/aromatic N) is 1. The average Bonchev–Trinajstić information content (AvgIpc) is 3.55. The number of carbonyl (C=O) groups excluding carboxylic acids is 2. The third-order valence-corrected chi connectivity index (χ3v) is 10.3. The summed E-state index contributed by atoms with van der Waals surface area (Å²) in [5, 5.41) is 2.08. The normalized spacial score (nSPS) is 14.3. The minimum Gasteiger partial charge on any atom is -0.302 e. The smallest absolute Gasteiger partial charge is 0.300 e. The lowest BCUT2D eigenvalue weighted by Crippen LogP contribution is -2.34. The number of thiophene rings is 2. The molecule has 37 heavy (non-hydrogen) atoms. The fourth-order valence-corrected chi connectivity index (χ4v) is 8.08. The molecule has 1 unspecified atom stereocenters. The number of carbonyl (C=O) groups is 2. The summed E-state index contributed by atoms with van der Waals surface area (Å²) in [7, 11) is 0. The highest BCUT2D eigenvalue weighted by Gasteiger charge is 2.40. The Morgan fingerprint density at radius 2 is 1.19 bits per heavy atom. The second-order valence-electron chi connectivity index (χ2n) is 11.2. The molecular formula is C32H51NO2S2. The van der Waals surface area contributed by atoms with E-state index in [2.05, 4.69) is 25.3 Å². The average molecular weight is 546 g/mol. The van der Waals surface area contributed by atoms with Crippen LogP contribution < -0.4 is 4.90 Å². The molecule has 5 heteroatoms. The van der Waals surface area contributed by atoms with Crippen molar-refractivity contribution in [2.75, 3.05) is 11.4 Å². The van der Waals surface area contributed by atoms with Crippen LogP contribution in [0.25, 0.3) is 9.40 Å². The van der Waals surface area contributed by atoms with Crippen LogP contribution in [-0.2, 0) is 4.79 Å². The maximum atomic E-state index is 13.0. The summed E-state index contributed by atoms with van der Waals surface area (Å²) in [6.07, 6.45) is 26.6. The van der Waals surface area contributed by atoms with Gasteiger partial charge in [0.05, 0.1) is 10.4 Å². The van der Waals surface area contributed by atoms with Crippen LogP contribution in [0.15, 0.2) is 11.4 Å². The van der Waals surface area contributed by atoms with Gasteiger partial charge in [0.25, 0.3) is 11.7 Å². The van der Waals surface area contributed by atoms with Crippen molar-refractivity contribution in [3.05, 3.63) is 16.3 Å². The Morgan fingerprint density at radius 3 is 1.70 bits per heavy atom. The molecule has 2 aromatic rings. The monoisotopic (exact) mass is 545 g/mol. The molecule has 0 bridgehead atoms. The van der Waals surface area contributed by atoms with Gasteiger partial charge in [0.15, 0.2) is 0 Å². The number of hydrogen-bond donors (Lipinski definition) is 0. The zero-order valence-corrected chi connectivity index (χ0v) is 25.3. The predicted molar refractivity (Wildman–Crippen MR) is 164 cm³/mol. The minimum atomic E-state index is -0.291. The molecule has 208 valence electrons. The Bertz CT molecular complexity index is 931. The quantitative estimate of drug-likeness (QED) is 0.109. The Balaban J connectivity index is 1.46. The summed E-state index contributed by atoms with van der Waals surface area (Å²) in [6.45, 7) is 5.27. The highest BCUT2D eigenvalue weighted by molar-refractivity contribution is 7.29. The maximum Gasteiger partial charge on any atom is 0.300 e. The molecule has 0 aromatic carbocycles. The number of amides is 1. The zero-order valence-electron chi connectivity index (χ0n) is 23.7. The van der Waals surface area contributed by atoms with E-state index in [1.165, 1.54) is 140 Å². The van der Waals surface area contributed by atoms with Gasteiger partial charge in [-0.3, -0.25) is 9.59 Å². The van der Waals surface area contributed by atoms with E-state index in [1.54, 1.807) is 11.3 Å². The number of unbranched alkanes of at least 4 members (excludes halogenated alkanes) is 16. The summed E-state index contributed by atoms with van der Waals surface area (Å²) in [4.78, 5) is 28.2. The fraction of sp³-hybridized carbons (Fsp3) is 0.750. The van der Waals surface area contributed by atoms with Crippen molar-refractivity contribution < 1.29 is 9.59 Å². The van der Waals surface area contributed by atoms with Crippen molar-refractivity contribution >= 4 is 49.5 Å². The lowest BCUT2D eigenvalue weighted by Gasteiger charge is -2.24. The van der Waals surface area contributed by atoms with E-state index >= 15 is 0 Å². The second-order valence-corrected chi connectivity index (χ2v) is 13.2. The van der Waals surface area contributed by atoms with Crippen molar-refractivity contribution in [1.82, 2.24) is 0 Å². The maximum absolute atomic E-state index is 13.0. The Kier molecular flexibility index (Phi) is 14.3. The van der Waals surface area contributed by atoms with Crippen molar-refractivity contribution in [1.29, 1.82) is 0 Å². The van der Waals surface area contributed by atoms with E-state index in [1.807, 2.05) is 4.90 Å². The van der Waals surface area contributed by atoms with Crippen molar-refractivity contribution in [3.8, 4) is 0 Å². The first-order chi connectivity index (χ1) is 18.2. The Labute approximate surface area is 234 Å². The molecule has 0 fully saturated rings. The van der Waals surface area contributed by atoms with Crippen LogP contribution >= 0.6 is 22.7 Å². The van der Waals surface area contributed by atoms with Gasteiger partial charge in [-0.1, -0.05) is 129 Å². The van der Waals surface area contributed by atoms with Gasteiger partial charge in [0.1, 0.15) is 4.88 Å². The third-order valence-electron chi connectivity index (χ3n) is 8.06. The second kappa shape index (κ2) is 17.4. The molecule has 0 spiro atoms. The molecule has 0 aliphatic carbocycles. The SMILES string of the molecule is CCCCCCCCCCCCC(CCCCCCCCCC)CN1C(=O)C(=O)c2sc3ccsc3c21. The van der Waals surface area contributed by atoms with Gasteiger partial charge < -0.3 is 4.90 Å². The molecule has 0 N–H and O–H groups in total. The van der Waals surface area contributed by atoms with E-state index in [9.17, 15) is 9.59 Å². The zero-order chi connectivity index (χ0) is 26.3. The Morgan fingerprint density at radius 1 is 0.703 bits per heavy atom. The largest absolute Gasteiger partial charge is 0.302 e. The molecule has 1 aliphatic heterocycles. The highest BCUT2D eigenvalue weighted by Crippen LogP contribution is 2.46. The highest BCUT2D eigenvalue weighted by atomic mass is 32.1. The topological polar surface area (TPSA) is 37.4 Å². The van der Waals surface area contributed by atoms with Crippen molar-refractivity contribution in [2.45, 2.75) is 142 Å². The van der Waals surface area contributed by atoms with E-state index in [0.717, 1.165) is 21.6 Å². The molecule has 3 nitrogen and oxygen atoms in total. The van der Waals surface area contributed by atoms with Gasteiger partial charge in [-0.25, -0.2) is 0 Å². The van der Waals surface area contributed by atoms with E-state index < -0.39 is 0 Å². The first-order valence-corrected chi connectivity index (χ1v) is 17.2. The van der Waals surface area contributed by atoms with E-state index in [4.69, 9.17) is 0 Å². The number of Topliss-reactive ketones (excluding diaryl/α,β-unsaturated/α-hetero) is 1. The molecular weight excluding hydrogens is 494 g/mol. The first kappa shape index (κ1) is 30.3. The molecule has 2 aromatic heterocycles. The lowest BCUT2D eigenvalue weighted by molar-refractivity contribution is -0.114. The van der Waals surface area contributed by atoms with Gasteiger partial charge >= 0.3 is 0 Å². The molecule has 0 saturated heterocycles. The fourth-order valence-electron chi connectivity index (χ4n) is 5.78. The first-order valence-electron chi connectivity index (χ1n) is 15.5. The number of rotatable bonds is 22. The van der Waals surface area contributed by atoms with Crippen LogP contribution in [0.4, 0.5) is 5.69 Å². The molecule has 1 atom stereocenters. The minimum absolute atomic E-state index is 0.284. The van der Waals surface area contributed by atoms with Crippen LogP contribution in [0.3, 0.4) is 0 Å². The van der Waals surface area contributed by atoms with Gasteiger partial charge in [-0.2, -0.15) is 0 Å². The van der Waals surface area contributed by atoms with E-state index in [-0.39, 0.29) is 11.7 Å². The molecule has 3 rings (SSSR count). The summed E-state index contributed by atoms with van der Waals surface area (Å²) in [5.41, 5.74) is 0.925. The van der Waals surface area contributed by atoms with Crippen molar-refractivity contribution in [2.24, 2.45) is 5.92 Å². The van der Waals surface area contributed by atoms with Gasteiger partial charge in [-0.05, 0) is 30.2 Å². The Hall–Kier alpha value is -1.20. The molecule has 1 aliphatic rings. The molecule has 0 radical (unpaired) electrons. The molecule has 3 heterocycles. The standard InChI is InChI=1S/C32H51NO2S2/c1-3-5-7-9-11-13-14-16-18-20-22-26(21-19-17-15-12-10-8-6-4-2)25-33-28-30-27(23-24-36-30)37-31(28)29(34)32(33)35/h23-24,26H,3-22,25H2,1-2H3. The number of ketones is 1. The molecule has 0 saturated carbocycles. The van der Waals surface area contributed by atoms with Gasteiger partial charge in [-0.15, -0.1) is 22.7 Å². The van der Waals surface area contributed by atoms with Crippen LogP contribution in [-0.4, -0.2) is 18.2 Å². The summed E-state index contributed by atoms with van der Waals surface area (Å²) in [5.74, 6) is -0.0829. The van der Waals surface area contributed by atoms with Gasteiger partial charge in [0.2, 0.25) is 0 Å². The van der Waals surface area contributed by atoms with Gasteiger partial charge in [0, 0.05) is 11.2 Å². The summed E-state index contributed by atoms with van der Waals surface area (Å²) >= 11 is 3.17. The number of fused-ring (bicyclic) bond motifs is 3. The van der Waals surface area contributed by atoms with Crippen LogP contribution in [0.2, 0.25) is 0 Å². The van der Waals surface area contributed by atoms with E-state index in [0.29, 0.717) is 10.8 Å².